The van der Waals surface area contributed by atoms with E-state index in [2.05, 4.69) is 10.3 Å². The highest BCUT2D eigenvalue weighted by atomic mass is 16.5. The zero-order valence-electron chi connectivity index (χ0n) is 12.9. The zero-order valence-corrected chi connectivity index (χ0v) is 12.9. The molecule has 0 radical (unpaired) electrons. The van der Waals surface area contributed by atoms with Crippen LogP contribution >= 0.6 is 0 Å². The van der Waals surface area contributed by atoms with Gasteiger partial charge in [-0.1, -0.05) is 5.21 Å². The molecule has 1 aliphatic rings. The summed E-state index contributed by atoms with van der Waals surface area (Å²) in [6.45, 7) is 1.18. The number of methoxy groups -OCH3 is 2. The average molecular weight is 302 g/mol. The molecule has 0 saturated heterocycles. The second kappa shape index (κ2) is 5.67. The van der Waals surface area contributed by atoms with E-state index in [1.54, 1.807) is 32.4 Å². The van der Waals surface area contributed by atoms with Crippen LogP contribution in [0.4, 0.5) is 0 Å². The first kappa shape index (κ1) is 14.4. The summed E-state index contributed by atoms with van der Waals surface area (Å²) in [5.74, 6) is 1.29. The van der Waals surface area contributed by atoms with Crippen LogP contribution < -0.4 is 9.47 Å². The number of amides is 1. The minimum absolute atomic E-state index is 0.103. The Labute approximate surface area is 128 Å². The summed E-state index contributed by atoms with van der Waals surface area (Å²) < 4.78 is 12.2. The number of ether oxygens (including phenoxy) is 2. The maximum atomic E-state index is 12.5. The third kappa shape index (κ3) is 2.49. The van der Waals surface area contributed by atoms with Crippen molar-refractivity contribution in [2.75, 3.05) is 20.8 Å². The maximum Gasteiger partial charge on any atom is 0.276 e. The maximum absolute atomic E-state index is 12.5. The highest BCUT2D eigenvalue weighted by Gasteiger charge is 2.25. The number of hydrogen-bond donors (Lipinski definition) is 0. The van der Waals surface area contributed by atoms with E-state index in [0.717, 1.165) is 17.7 Å². The van der Waals surface area contributed by atoms with E-state index in [1.807, 2.05) is 12.1 Å². The molecule has 116 valence electrons. The van der Waals surface area contributed by atoms with Crippen molar-refractivity contribution < 1.29 is 14.3 Å². The molecule has 2 heterocycles. The molecular formula is C15H18N4O3. The lowest BCUT2D eigenvalue weighted by molar-refractivity contribution is 0.0728. The van der Waals surface area contributed by atoms with Crippen LogP contribution in [0.5, 0.6) is 11.5 Å². The number of hydrogen-bond acceptors (Lipinski definition) is 5. The Kier molecular flexibility index (Phi) is 3.70. The summed E-state index contributed by atoms with van der Waals surface area (Å²) >= 11 is 0. The Balaban J connectivity index is 1.85. The Morgan fingerprint density at radius 2 is 1.86 bits per heavy atom. The highest BCUT2D eigenvalue weighted by molar-refractivity contribution is 5.92. The first-order chi connectivity index (χ1) is 10.6. The predicted octanol–water partition coefficient (Wildman–Crippen LogP) is 1.03. The standard InChI is InChI=1S/C15H18N4O3/c1-18-9-12(16-17-18)15(20)19-5-4-10-6-13(21-2)14(22-3)7-11(10)8-19/h6-7,9H,4-5,8H2,1-3H3. The van der Waals surface area contributed by atoms with Crippen molar-refractivity contribution in [3.63, 3.8) is 0 Å². The van der Waals surface area contributed by atoms with Crippen LogP contribution in [-0.2, 0) is 20.0 Å². The van der Waals surface area contributed by atoms with Crippen molar-refractivity contribution in [2.24, 2.45) is 7.05 Å². The van der Waals surface area contributed by atoms with Gasteiger partial charge in [-0.15, -0.1) is 5.10 Å². The molecule has 7 nitrogen and oxygen atoms in total. The molecular weight excluding hydrogens is 284 g/mol. The Morgan fingerprint density at radius 1 is 1.18 bits per heavy atom. The van der Waals surface area contributed by atoms with Crippen molar-refractivity contribution >= 4 is 5.91 Å². The topological polar surface area (TPSA) is 69.5 Å². The summed E-state index contributed by atoms with van der Waals surface area (Å²) in [6, 6.07) is 3.92. The van der Waals surface area contributed by atoms with Crippen molar-refractivity contribution in [2.45, 2.75) is 13.0 Å². The van der Waals surface area contributed by atoms with Crippen molar-refractivity contribution in [1.29, 1.82) is 0 Å². The number of nitrogens with zero attached hydrogens (tertiary/aromatic N) is 4. The second-order valence-electron chi connectivity index (χ2n) is 5.23. The molecule has 1 aliphatic heterocycles. The molecule has 0 saturated carbocycles. The largest absolute Gasteiger partial charge is 0.493 e. The van der Waals surface area contributed by atoms with E-state index in [4.69, 9.17) is 9.47 Å². The summed E-state index contributed by atoms with van der Waals surface area (Å²) in [6.07, 6.45) is 2.41. The van der Waals surface area contributed by atoms with Gasteiger partial charge in [0.15, 0.2) is 17.2 Å². The van der Waals surface area contributed by atoms with Crippen LogP contribution in [0.2, 0.25) is 0 Å². The van der Waals surface area contributed by atoms with Crippen molar-refractivity contribution in [3.05, 3.63) is 35.2 Å². The minimum atomic E-state index is -0.103. The van der Waals surface area contributed by atoms with E-state index in [9.17, 15) is 4.79 Å². The molecule has 1 aromatic heterocycles. The van der Waals surface area contributed by atoms with Gasteiger partial charge in [0.1, 0.15) is 0 Å². The van der Waals surface area contributed by atoms with Gasteiger partial charge in [0, 0.05) is 20.1 Å². The fourth-order valence-corrected chi connectivity index (χ4v) is 2.66. The third-order valence-corrected chi connectivity index (χ3v) is 3.83. The van der Waals surface area contributed by atoms with Crippen LogP contribution in [0.1, 0.15) is 21.6 Å². The van der Waals surface area contributed by atoms with E-state index >= 15 is 0 Å². The van der Waals surface area contributed by atoms with Gasteiger partial charge >= 0.3 is 0 Å². The average Bonchev–Trinajstić information content (AvgIpc) is 2.98. The fraction of sp³-hybridized carbons (Fsp3) is 0.400. The molecule has 0 aliphatic carbocycles. The quantitative estimate of drug-likeness (QED) is 0.847. The lowest BCUT2D eigenvalue weighted by Crippen LogP contribution is -2.36. The number of carbonyl (C=O) groups is 1. The van der Waals surface area contributed by atoms with Crippen molar-refractivity contribution in [3.8, 4) is 11.5 Å². The van der Waals surface area contributed by atoms with E-state index < -0.39 is 0 Å². The minimum Gasteiger partial charge on any atom is -0.493 e. The fourth-order valence-electron chi connectivity index (χ4n) is 2.66. The van der Waals surface area contributed by atoms with Gasteiger partial charge in [-0.2, -0.15) is 0 Å². The van der Waals surface area contributed by atoms with Crippen molar-refractivity contribution in [1.82, 2.24) is 19.9 Å². The van der Waals surface area contributed by atoms with Gasteiger partial charge < -0.3 is 14.4 Å². The number of fused-ring (bicyclic) bond motifs is 1. The van der Waals surface area contributed by atoms with Gasteiger partial charge in [0.05, 0.1) is 20.4 Å². The SMILES string of the molecule is COc1cc2c(cc1OC)CN(C(=O)c1cn(C)nn1)CC2. The van der Waals surface area contributed by atoms with E-state index in [-0.39, 0.29) is 5.91 Å². The highest BCUT2D eigenvalue weighted by Crippen LogP contribution is 2.33. The second-order valence-corrected chi connectivity index (χ2v) is 5.23. The van der Waals surface area contributed by atoms with Gasteiger partial charge in [-0.05, 0) is 29.7 Å². The van der Waals surface area contributed by atoms with Crippen LogP contribution in [-0.4, -0.2) is 46.6 Å². The number of aromatic nitrogens is 3. The van der Waals surface area contributed by atoms with Gasteiger partial charge in [-0.25, -0.2) is 0 Å². The lowest BCUT2D eigenvalue weighted by atomic mass is 9.98. The predicted molar refractivity (Wildman–Crippen MR) is 79.0 cm³/mol. The van der Waals surface area contributed by atoms with E-state index in [1.165, 1.54) is 10.2 Å². The Bertz CT molecular complexity index is 711. The van der Waals surface area contributed by atoms with Gasteiger partial charge in [0.25, 0.3) is 5.91 Å². The molecule has 1 amide bonds. The van der Waals surface area contributed by atoms with Gasteiger partial charge in [0.2, 0.25) is 0 Å². The summed E-state index contributed by atoms with van der Waals surface area (Å²) in [7, 11) is 4.97. The normalized spacial score (nSPS) is 13.7. The van der Waals surface area contributed by atoms with Crippen LogP contribution in [0, 0.1) is 0 Å². The Morgan fingerprint density at radius 3 is 2.45 bits per heavy atom. The smallest absolute Gasteiger partial charge is 0.276 e. The van der Waals surface area contributed by atoms with Crippen LogP contribution in [0.15, 0.2) is 18.3 Å². The molecule has 1 aromatic carbocycles. The molecule has 0 spiro atoms. The number of carbonyl (C=O) groups excluding carboxylic acids is 1. The van der Waals surface area contributed by atoms with E-state index in [0.29, 0.717) is 24.5 Å². The molecule has 22 heavy (non-hydrogen) atoms. The lowest BCUT2D eigenvalue weighted by Gasteiger charge is -2.29. The monoisotopic (exact) mass is 302 g/mol. The molecule has 7 heteroatoms. The summed E-state index contributed by atoms with van der Waals surface area (Å²) in [5.41, 5.74) is 2.62. The molecule has 0 atom stereocenters. The van der Waals surface area contributed by atoms with Gasteiger partial charge in [-0.3, -0.25) is 9.48 Å². The molecule has 3 rings (SSSR count). The first-order valence-electron chi connectivity index (χ1n) is 7.01. The number of benzene rings is 1. The molecule has 0 fully saturated rings. The Hall–Kier alpha value is -2.57. The molecule has 0 unspecified atom stereocenters. The van der Waals surface area contributed by atoms with Crippen LogP contribution in [0.3, 0.4) is 0 Å². The summed E-state index contributed by atoms with van der Waals surface area (Å²) in [5, 5.41) is 7.69. The molecule has 2 aromatic rings. The molecule has 0 N–H and O–H groups in total. The number of rotatable bonds is 3. The number of aryl methyl sites for hydroxylation is 1. The zero-order chi connectivity index (χ0) is 15.7. The summed E-state index contributed by atoms with van der Waals surface area (Å²) in [4.78, 5) is 14.2. The third-order valence-electron chi connectivity index (χ3n) is 3.83. The first-order valence-corrected chi connectivity index (χ1v) is 7.01. The van der Waals surface area contributed by atoms with Crippen LogP contribution in [0.25, 0.3) is 0 Å². The molecule has 0 bridgehead atoms.